The first kappa shape index (κ1) is 17.1. The Kier molecular flexibility index (Phi) is 4.93. The molecule has 6 nitrogen and oxygen atoms in total. The molecule has 0 saturated carbocycles. The number of carbonyl (C=O) groups excluding carboxylic acids is 1. The van der Waals surface area contributed by atoms with E-state index in [0.29, 0.717) is 11.9 Å². The van der Waals surface area contributed by atoms with Crippen molar-refractivity contribution in [3.05, 3.63) is 42.5 Å². The number of carbonyl (C=O) groups is 1. The fourth-order valence-electron chi connectivity index (χ4n) is 4.07. The zero-order valence-corrected chi connectivity index (χ0v) is 15.3. The number of aromatic nitrogens is 2. The molecule has 3 heterocycles. The predicted molar refractivity (Wildman–Crippen MR) is 99.4 cm³/mol. The SMILES string of the molecule is COc1ccc(-n2ccnc2CN2CCC(N3CCCC3=O)CC2)cc1. The number of hydrogen-bond acceptors (Lipinski definition) is 4. The van der Waals surface area contributed by atoms with Crippen LogP contribution in [-0.4, -0.2) is 58.0 Å². The van der Waals surface area contributed by atoms with E-state index in [9.17, 15) is 4.79 Å². The second-order valence-corrected chi connectivity index (χ2v) is 7.11. The van der Waals surface area contributed by atoms with E-state index >= 15 is 0 Å². The van der Waals surface area contributed by atoms with Crippen molar-refractivity contribution in [1.29, 1.82) is 0 Å². The molecule has 6 heteroatoms. The molecular formula is C20H26N4O2. The number of piperidine rings is 1. The van der Waals surface area contributed by atoms with Crippen LogP contribution in [0.3, 0.4) is 0 Å². The van der Waals surface area contributed by atoms with Gasteiger partial charge in [-0.2, -0.15) is 0 Å². The largest absolute Gasteiger partial charge is 0.497 e. The average molecular weight is 354 g/mol. The molecule has 1 amide bonds. The summed E-state index contributed by atoms with van der Waals surface area (Å²) in [5, 5.41) is 0. The fraction of sp³-hybridized carbons (Fsp3) is 0.500. The molecule has 26 heavy (non-hydrogen) atoms. The molecule has 2 aliphatic heterocycles. The molecule has 138 valence electrons. The van der Waals surface area contributed by atoms with Crippen molar-refractivity contribution in [3.63, 3.8) is 0 Å². The minimum atomic E-state index is 0.346. The van der Waals surface area contributed by atoms with E-state index in [1.165, 1.54) is 0 Å². The van der Waals surface area contributed by atoms with E-state index in [1.807, 2.05) is 24.5 Å². The van der Waals surface area contributed by atoms with Crippen molar-refractivity contribution >= 4 is 5.91 Å². The highest BCUT2D eigenvalue weighted by atomic mass is 16.5. The number of imidazole rings is 1. The monoisotopic (exact) mass is 354 g/mol. The standard InChI is InChI=1S/C20H26N4O2/c1-26-18-6-4-16(5-7-18)23-14-10-21-19(23)15-22-12-8-17(9-13-22)24-11-2-3-20(24)25/h4-7,10,14,17H,2-3,8-9,11-13,15H2,1H3. The number of amides is 1. The number of nitrogens with zero attached hydrogens (tertiary/aromatic N) is 4. The Morgan fingerprint density at radius 2 is 1.92 bits per heavy atom. The lowest BCUT2D eigenvalue weighted by molar-refractivity contribution is -0.130. The van der Waals surface area contributed by atoms with Crippen LogP contribution < -0.4 is 4.74 Å². The van der Waals surface area contributed by atoms with Crippen LogP contribution >= 0.6 is 0 Å². The van der Waals surface area contributed by atoms with Gasteiger partial charge < -0.3 is 14.2 Å². The van der Waals surface area contributed by atoms with Gasteiger partial charge in [-0.05, 0) is 43.5 Å². The molecule has 2 fully saturated rings. The summed E-state index contributed by atoms with van der Waals surface area (Å²) in [6.07, 6.45) is 7.75. The van der Waals surface area contributed by atoms with Gasteiger partial charge in [-0.25, -0.2) is 4.98 Å². The molecule has 0 N–H and O–H groups in total. The van der Waals surface area contributed by atoms with Crippen molar-refractivity contribution in [1.82, 2.24) is 19.4 Å². The quantitative estimate of drug-likeness (QED) is 0.828. The third kappa shape index (κ3) is 3.46. The number of rotatable bonds is 5. The van der Waals surface area contributed by atoms with Crippen LogP contribution in [0.1, 0.15) is 31.5 Å². The number of likely N-dealkylation sites (tertiary alicyclic amines) is 2. The maximum atomic E-state index is 11.9. The maximum Gasteiger partial charge on any atom is 0.222 e. The lowest BCUT2D eigenvalue weighted by Crippen LogP contribution is -2.45. The highest BCUT2D eigenvalue weighted by Crippen LogP contribution is 2.23. The molecule has 0 unspecified atom stereocenters. The third-order valence-electron chi connectivity index (χ3n) is 5.54. The Balaban J connectivity index is 1.38. The van der Waals surface area contributed by atoms with Crippen LogP contribution in [0.2, 0.25) is 0 Å². The summed E-state index contributed by atoms with van der Waals surface area (Å²) in [6.45, 7) is 3.82. The predicted octanol–water partition coefficient (Wildman–Crippen LogP) is 2.47. The van der Waals surface area contributed by atoms with Gasteiger partial charge in [0.2, 0.25) is 5.91 Å². The van der Waals surface area contributed by atoms with Crippen LogP contribution in [0.4, 0.5) is 0 Å². The Labute approximate surface area is 154 Å². The molecule has 4 rings (SSSR count). The van der Waals surface area contributed by atoms with E-state index in [4.69, 9.17) is 4.74 Å². The van der Waals surface area contributed by atoms with Crippen LogP contribution in [0, 0.1) is 0 Å². The summed E-state index contributed by atoms with van der Waals surface area (Å²) in [5.74, 6) is 2.25. The molecule has 0 radical (unpaired) electrons. The maximum absolute atomic E-state index is 11.9. The number of hydrogen-bond donors (Lipinski definition) is 0. The Morgan fingerprint density at radius 1 is 1.15 bits per heavy atom. The van der Waals surface area contributed by atoms with Gasteiger partial charge in [0.1, 0.15) is 11.6 Å². The van der Waals surface area contributed by atoms with Gasteiger partial charge in [0.15, 0.2) is 0 Å². The van der Waals surface area contributed by atoms with E-state index in [2.05, 4.69) is 31.5 Å². The summed E-state index contributed by atoms with van der Waals surface area (Å²) in [4.78, 5) is 21.1. The molecule has 2 aliphatic rings. The topological polar surface area (TPSA) is 50.6 Å². The summed E-state index contributed by atoms with van der Waals surface area (Å²) in [5.41, 5.74) is 1.09. The lowest BCUT2D eigenvalue weighted by atomic mass is 10.0. The molecule has 1 aromatic carbocycles. The van der Waals surface area contributed by atoms with Crippen molar-refractivity contribution in [2.24, 2.45) is 0 Å². The number of benzene rings is 1. The summed E-state index contributed by atoms with van der Waals surface area (Å²) in [6, 6.07) is 8.47. The second kappa shape index (κ2) is 7.50. The van der Waals surface area contributed by atoms with Crippen LogP contribution in [0.5, 0.6) is 5.75 Å². The summed E-state index contributed by atoms with van der Waals surface area (Å²) in [7, 11) is 1.68. The van der Waals surface area contributed by atoms with Gasteiger partial charge in [-0.1, -0.05) is 0 Å². The van der Waals surface area contributed by atoms with E-state index in [1.54, 1.807) is 7.11 Å². The molecule has 1 aromatic heterocycles. The molecular weight excluding hydrogens is 328 g/mol. The molecule has 2 saturated heterocycles. The third-order valence-corrected chi connectivity index (χ3v) is 5.54. The van der Waals surface area contributed by atoms with Gasteiger partial charge in [-0.3, -0.25) is 9.69 Å². The van der Waals surface area contributed by atoms with Crippen LogP contribution in [-0.2, 0) is 11.3 Å². The fourth-order valence-corrected chi connectivity index (χ4v) is 4.07. The van der Waals surface area contributed by atoms with Gasteiger partial charge >= 0.3 is 0 Å². The molecule has 0 aliphatic carbocycles. The first-order chi connectivity index (χ1) is 12.7. The lowest BCUT2D eigenvalue weighted by Gasteiger charge is -2.36. The number of methoxy groups -OCH3 is 1. The highest BCUT2D eigenvalue weighted by Gasteiger charge is 2.30. The van der Waals surface area contributed by atoms with Gasteiger partial charge in [0, 0.05) is 50.2 Å². The van der Waals surface area contributed by atoms with Crippen molar-refractivity contribution < 1.29 is 9.53 Å². The average Bonchev–Trinajstić information content (AvgIpc) is 3.31. The molecule has 0 spiro atoms. The second-order valence-electron chi connectivity index (χ2n) is 7.11. The van der Waals surface area contributed by atoms with E-state index in [0.717, 1.165) is 69.1 Å². The highest BCUT2D eigenvalue weighted by molar-refractivity contribution is 5.78. The van der Waals surface area contributed by atoms with Gasteiger partial charge in [0.25, 0.3) is 0 Å². The van der Waals surface area contributed by atoms with E-state index in [-0.39, 0.29) is 0 Å². The van der Waals surface area contributed by atoms with Crippen molar-refractivity contribution in [2.45, 2.75) is 38.3 Å². The Bertz CT molecular complexity index is 747. The smallest absolute Gasteiger partial charge is 0.222 e. The first-order valence-corrected chi connectivity index (χ1v) is 9.43. The van der Waals surface area contributed by atoms with E-state index < -0.39 is 0 Å². The van der Waals surface area contributed by atoms with Gasteiger partial charge in [-0.15, -0.1) is 0 Å². The molecule has 2 aromatic rings. The normalized spacial score (nSPS) is 19.3. The minimum Gasteiger partial charge on any atom is -0.497 e. The van der Waals surface area contributed by atoms with Gasteiger partial charge in [0.05, 0.1) is 13.7 Å². The van der Waals surface area contributed by atoms with Crippen LogP contribution in [0.15, 0.2) is 36.7 Å². The summed E-state index contributed by atoms with van der Waals surface area (Å²) < 4.78 is 7.37. The first-order valence-electron chi connectivity index (χ1n) is 9.43. The minimum absolute atomic E-state index is 0.346. The van der Waals surface area contributed by atoms with Crippen LogP contribution in [0.25, 0.3) is 5.69 Å². The Hall–Kier alpha value is -2.34. The van der Waals surface area contributed by atoms with Crippen molar-refractivity contribution in [3.8, 4) is 11.4 Å². The zero-order chi connectivity index (χ0) is 17.9. The number of ether oxygens (including phenoxy) is 1. The zero-order valence-electron chi connectivity index (χ0n) is 15.3. The Morgan fingerprint density at radius 3 is 2.58 bits per heavy atom. The van der Waals surface area contributed by atoms with Crippen molar-refractivity contribution in [2.75, 3.05) is 26.7 Å². The molecule has 0 bridgehead atoms. The molecule has 0 atom stereocenters. The summed E-state index contributed by atoms with van der Waals surface area (Å²) >= 11 is 0.